The Bertz CT molecular complexity index is 3140. The Balaban J connectivity index is 1.32. The molecule has 12 rings (SSSR count). The molecule has 0 amide bonds. The number of hydrogen-bond donors (Lipinski definition) is 0. The van der Waals surface area contributed by atoms with Crippen LogP contribution >= 0.6 is 0 Å². The van der Waals surface area contributed by atoms with Crippen molar-refractivity contribution in [1.82, 2.24) is 19.1 Å². The van der Waals surface area contributed by atoms with Crippen LogP contribution in [0.25, 0.3) is 66.4 Å². The summed E-state index contributed by atoms with van der Waals surface area (Å²) in [4.78, 5) is 10.0. The van der Waals surface area contributed by atoms with Crippen LogP contribution in [0.1, 0.15) is 193 Å². The molecule has 3 aromatic heterocycles. The molecule has 5 heteroatoms. The van der Waals surface area contributed by atoms with Gasteiger partial charge in [0, 0.05) is 61.9 Å². The summed E-state index contributed by atoms with van der Waals surface area (Å²) in [6.07, 6.45) is 16.8. The maximum Gasteiger partial charge on any atom is 0.252 e. The summed E-state index contributed by atoms with van der Waals surface area (Å²) < 4.78 is 5.51. The second kappa shape index (κ2) is 14.7. The highest BCUT2D eigenvalue weighted by molar-refractivity contribution is 7.00. The zero-order valence-corrected chi connectivity index (χ0v) is 42.6. The summed E-state index contributed by atoms with van der Waals surface area (Å²) in [5.41, 5.74) is 22.1. The van der Waals surface area contributed by atoms with E-state index in [1.807, 2.05) is 18.5 Å². The van der Waals surface area contributed by atoms with Crippen LogP contribution in [-0.4, -0.2) is 25.8 Å². The van der Waals surface area contributed by atoms with Gasteiger partial charge in [-0.1, -0.05) is 158 Å². The van der Waals surface area contributed by atoms with Gasteiger partial charge >= 0.3 is 0 Å². The van der Waals surface area contributed by atoms with Gasteiger partial charge in [0.15, 0.2) is 5.82 Å². The molecule has 0 saturated heterocycles. The molecule has 0 spiro atoms. The molecule has 0 unspecified atom stereocenters. The van der Waals surface area contributed by atoms with Crippen LogP contribution in [0.4, 0.5) is 0 Å². The molecule has 2 saturated carbocycles. The molecule has 342 valence electrons. The van der Waals surface area contributed by atoms with E-state index in [-0.39, 0.29) is 28.4 Å². The average molecular weight is 883 g/mol. The largest absolute Gasteiger partial charge is 0.310 e. The molecule has 2 aliphatic carbocycles. The Hall–Kier alpha value is -5.16. The lowest BCUT2D eigenvalue weighted by Crippen LogP contribution is -2.59. The van der Waals surface area contributed by atoms with E-state index in [1.54, 1.807) is 11.1 Å². The molecule has 0 atom stereocenters. The predicted molar refractivity (Wildman–Crippen MR) is 287 cm³/mol. The SMILES string of the molecule is CC(C)(C)c1cc(C(C)(C)C)c2c3c(C4CCCCC4)ccc4c3n(c2c1)-c1cc(-c2ncccn2)cc2c1B4c1ccc(C3CCCCC3)c3c4c(C(C)(C)C)cc(C(C)(C)C)cc4n-2c13. The van der Waals surface area contributed by atoms with Crippen LogP contribution < -0.4 is 16.4 Å². The van der Waals surface area contributed by atoms with Crippen LogP contribution in [-0.2, 0) is 21.7 Å². The van der Waals surface area contributed by atoms with E-state index in [4.69, 9.17) is 9.97 Å². The monoisotopic (exact) mass is 883 g/mol. The second-order valence-electron chi connectivity index (χ2n) is 25.5. The molecule has 0 N–H and O–H groups in total. The molecule has 4 aliphatic rings. The number of aromatic nitrogens is 4. The van der Waals surface area contributed by atoms with Gasteiger partial charge in [0.1, 0.15) is 0 Å². The van der Waals surface area contributed by atoms with Gasteiger partial charge in [0.25, 0.3) is 6.71 Å². The van der Waals surface area contributed by atoms with Crippen molar-refractivity contribution in [3.8, 4) is 22.8 Å². The first kappa shape index (κ1) is 43.1. The highest BCUT2D eigenvalue weighted by Gasteiger charge is 2.44. The van der Waals surface area contributed by atoms with Crippen molar-refractivity contribution in [1.29, 1.82) is 0 Å². The molecule has 0 bridgehead atoms. The third-order valence-corrected chi connectivity index (χ3v) is 16.9. The summed E-state index contributed by atoms with van der Waals surface area (Å²) in [7, 11) is 0. The maximum atomic E-state index is 5.00. The lowest BCUT2D eigenvalue weighted by Gasteiger charge is -2.35. The lowest BCUT2D eigenvalue weighted by molar-refractivity contribution is 0.445. The number of fused-ring (bicyclic) bond motifs is 10. The van der Waals surface area contributed by atoms with Crippen molar-refractivity contribution in [2.75, 3.05) is 0 Å². The smallest absolute Gasteiger partial charge is 0.252 e. The maximum absolute atomic E-state index is 5.00. The van der Waals surface area contributed by atoms with Crippen molar-refractivity contribution < 1.29 is 0 Å². The average Bonchev–Trinajstić information content (AvgIpc) is 3.83. The van der Waals surface area contributed by atoms with Crippen LogP contribution in [0.15, 0.2) is 79.1 Å². The highest BCUT2D eigenvalue weighted by atomic mass is 15.0. The molecule has 2 aliphatic heterocycles. The Morgan fingerprint density at radius 3 is 1.28 bits per heavy atom. The van der Waals surface area contributed by atoms with Crippen molar-refractivity contribution in [3.05, 3.63) is 113 Å². The molecule has 5 heterocycles. The molecule has 4 nitrogen and oxygen atoms in total. The van der Waals surface area contributed by atoms with Crippen LogP contribution in [0.5, 0.6) is 0 Å². The predicted octanol–water partition coefficient (Wildman–Crippen LogP) is 14.8. The second-order valence-corrected chi connectivity index (χ2v) is 25.5. The quantitative estimate of drug-likeness (QED) is 0.166. The van der Waals surface area contributed by atoms with Crippen molar-refractivity contribution in [2.45, 2.75) is 181 Å². The molecular weight excluding hydrogens is 812 g/mol. The summed E-state index contributed by atoms with van der Waals surface area (Å²) >= 11 is 0. The standard InChI is InChI=1S/C62H71BN4/c1-59(2,3)39-32-43(61(7,8)9)53-47(34-39)66-49-30-38(58-64-28-19-29-65-58)31-50-55(49)63(45-26-24-41(51(53)56(45)66)36-20-15-13-16-21-36)46-27-25-42(37-22-17-14-18-23-37)52-54-44(62(10,11)12)33-40(60(4,5)6)35-48(54)67(50)57(46)52/h19,24-37H,13-18,20-23H2,1-12H3. The minimum Gasteiger partial charge on any atom is -0.310 e. The van der Waals surface area contributed by atoms with Gasteiger partial charge in [-0.15, -0.1) is 0 Å². The Morgan fingerprint density at radius 2 is 0.896 bits per heavy atom. The first-order valence-corrected chi connectivity index (χ1v) is 26.1. The van der Waals surface area contributed by atoms with Crippen molar-refractivity contribution in [3.63, 3.8) is 0 Å². The number of benzene rings is 5. The minimum absolute atomic E-state index is 0.0313. The fourth-order valence-corrected chi connectivity index (χ4v) is 13.5. The van der Waals surface area contributed by atoms with Crippen LogP contribution in [0.2, 0.25) is 0 Å². The summed E-state index contributed by atoms with van der Waals surface area (Å²) in [6.45, 7) is 29.1. The zero-order chi connectivity index (χ0) is 46.7. The molecular formula is C62H71BN4. The Kier molecular flexibility index (Phi) is 9.45. The van der Waals surface area contributed by atoms with E-state index in [9.17, 15) is 0 Å². The third-order valence-electron chi connectivity index (χ3n) is 16.9. The van der Waals surface area contributed by atoms with Crippen LogP contribution in [0.3, 0.4) is 0 Å². The molecule has 67 heavy (non-hydrogen) atoms. The van der Waals surface area contributed by atoms with Gasteiger partial charge in [-0.2, -0.15) is 0 Å². The van der Waals surface area contributed by atoms with Crippen molar-refractivity contribution >= 4 is 66.7 Å². The lowest BCUT2D eigenvalue weighted by atomic mass is 9.34. The first-order chi connectivity index (χ1) is 31.8. The first-order valence-electron chi connectivity index (χ1n) is 26.1. The third kappa shape index (κ3) is 6.44. The fourth-order valence-electron chi connectivity index (χ4n) is 13.5. The normalized spacial score (nSPS) is 17.1. The zero-order valence-electron chi connectivity index (χ0n) is 42.6. The van der Waals surface area contributed by atoms with Gasteiger partial charge < -0.3 is 9.13 Å². The van der Waals surface area contributed by atoms with E-state index in [2.05, 4.69) is 153 Å². The number of nitrogens with zero attached hydrogens (tertiary/aromatic N) is 4. The van der Waals surface area contributed by atoms with Crippen LogP contribution in [0, 0.1) is 0 Å². The van der Waals surface area contributed by atoms with Gasteiger partial charge in [-0.25, -0.2) is 9.97 Å². The number of rotatable bonds is 3. The van der Waals surface area contributed by atoms with E-state index >= 15 is 0 Å². The minimum atomic E-state index is -0.0680. The van der Waals surface area contributed by atoms with E-state index in [0.29, 0.717) is 11.8 Å². The summed E-state index contributed by atoms with van der Waals surface area (Å²) in [5.74, 6) is 1.89. The summed E-state index contributed by atoms with van der Waals surface area (Å²) in [5, 5.41) is 5.92. The Morgan fingerprint density at radius 1 is 0.478 bits per heavy atom. The Labute approximate surface area is 400 Å². The molecule has 5 aromatic carbocycles. The van der Waals surface area contributed by atoms with E-state index < -0.39 is 0 Å². The highest BCUT2D eigenvalue weighted by Crippen LogP contribution is 2.50. The van der Waals surface area contributed by atoms with Gasteiger partial charge in [-0.3, -0.25) is 0 Å². The topological polar surface area (TPSA) is 35.6 Å². The van der Waals surface area contributed by atoms with Gasteiger partial charge in [0.2, 0.25) is 0 Å². The van der Waals surface area contributed by atoms with E-state index in [1.165, 1.54) is 158 Å². The molecule has 8 aromatic rings. The summed E-state index contributed by atoms with van der Waals surface area (Å²) in [6, 6.07) is 27.7. The van der Waals surface area contributed by atoms with E-state index in [0.717, 1.165) is 11.4 Å². The van der Waals surface area contributed by atoms with Gasteiger partial charge in [-0.05, 0) is 139 Å². The van der Waals surface area contributed by atoms with Crippen molar-refractivity contribution in [2.24, 2.45) is 0 Å². The van der Waals surface area contributed by atoms with Gasteiger partial charge in [0.05, 0.1) is 11.0 Å². The molecule has 0 radical (unpaired) electrons. The molecule has 2 fully saturated rings. The number of hydrogen-bond acceptors (Lipinski definition) is 2. The fraction of sp³-hybridized carbons (Fsp3) is 0.452.